The second-order valence-electron chi connectivity index (χ2n) is 2.75. The summed E-state index contributed by atoms with van der Waals surface area (Å²) < 4.78 is 19.0. The predicted molar refractivity (Wildman–Crippen MR) is 54.5 cm³/mol. The summed E-state index contributed by atoms with van der Waals surface area (Å²) in [6.07, 6.45) is 2.00. The largest absolute Gasteiger partial charge is 0.490 e. The molecule has 0 amide bonds. The molecule has 0 spiro atoms. The van der Waals surface area contributed by atoms with Gasteiger partial charge >= 0.3 is 0 Å². The summed E-state index contributed by atoms with van der Waals surface area (Å²) in [7, 11) is 0. The maximum atomic E-state index is 13.3. The molecule has 0 bridgehead atoms. The molecule has 0 aromatic heterocycles. The second kappa shape index (κ2) is 5.22. The van der Waals surface area contributed by atoms with Crippen molar-refractivity contribution in [2.45, 2.75) is 19.8 Å². The van der Waals surface area contributed by atoms with Crippen LogP contribution in [0, 0.1) is 5.82 Å². The average Bonchev–Trinajstić information content (AvgIpc) is 2.13. The van der Waals surface area contributed by atoms with Crippen molar-refractivity contribution in [1.29, 1.82) is 0 Å². The molecule has 1 aromatic carbocycles. The Balaban J connectivity index is 2.61. The number of halogens is 2. The van der Waals surface area contributed by atoms with Crippen LogP contribution in [0.2, 0.25) is 0 Å². The van der Waals surface area contributed by atoms with Crippen molar-refractivity contribution < 1.29 is 9.13 Å². The first-order chi connectivity index (χ1) is 6.25. The highest BCUT2D eigenvalue weighted by Gasteiger charge is 2.05. The number of rotatable bonds is 4. The zero-order valence-corrected chi connectivity index (χ0v) is 9.10. The van der Waals surface area contributed by atoms with Gasteiger partial charge in [0.25, 0.3) is 0 Å². The van der Waals surface area contributed by atoms with E-state index in [4.69, 9.17) is 4.74 Å². The molecule has 0 radical (unpaired) electrons. The van der Waals surface area contributed by atoms with E-state index in [1.165, 1.54) is 0 Å². The van der Waals surface area contributed by atoms with Gasteiger partial charge in [-0.25, -0.2) is 4.39 Å². The standard InChI is InChI=1S/C10H12BrFO/c1-2-3-7-13-9-6-4-5-8(11)10(9)12/h4-6H,2-3,7H2,1H3. The molecule has 72 valence electrons. The lowest BCUT2D eigenvalue weighted by molar-refractivity contribution is 0.293. The van der Waals surface area contributed by atoms with Crippen molar-refractivity contribution in [2.24, 2.45) is 0 Å². The molecule has 3 heteroatoms. The van der Waals surface area contributed by atoms with Gasteiger partial charge in [-0.1, -0.05) is 19.4 Å². The Morgan fingerprint density at radius 2 is 2.23 bits per heavy atom. The molecular weight excluding hydrogens is 235 g/mol. The van der Waals surface area contributed by atoms with E-state index in [1.807, 2.05) is 0 Å². The minimum Gasteiger partial charge on any atom is -0.490 e. The maximum absolute atomic E-state index is 13.3. The van der Waals surface area contributed by atoms with Crippen LogP contribution in [0.1, 0.15) is 19.8 Å². The van der Waals surface area contributed by atoms with Crippen molar-refractivity contribution in [3.05, 3.63) is 28.5 Å². The molecule has 0 fully saturated rings. The average molecular weight is 247 g/mol. The van der Waals surface area contributed by atoms with Gasteiger partial charge in [-0.05, 0) is 34.5 Å². The Kier molecular flexibility index (Phi) is 4.22. The minimum absolute atomic E-state index is 0.321. The van der Waals surface area contributed by atoms with E-state index in [0.717, 1.165) is 12.8 Å². The van der Waals surface area contributed by atoms with Gasteiger partial charge in [0.15, 0.2) is 11.6 Å². The summed E-state index contributed by atoms with van der Waals surface area (Å²) in [5.74, 6) is 0.00132. The third-order valence-corrected chi connectivity index (χ3v) is 2.28. The molecule has 0 aliphatic carbocycles. The molecule has 0 heterocycles. The Morgan fingerprint density at radius 1 is 1.46 bits per heavy atom. The van der Waals surface area contributed by atoms with Crippen LogP contribution in [0.15, 0.2) is 22.7 Å². The van der Waals surface area contributed by atoms with E-state index in [0.29, 0.717) is 16.8 Å². The highest BCUT2D eigenvalue weighted by atomic mass is 79.9. The molecule has 1 rings (SSSR count). The van der Waals surface area contributed by atoms with Crippen LogP contribution in [-0.2, 0) is 0 Å². The fraction of sp³-hybridized carbons (Fsp3) is 0.400. The maximum Gasteiger partial charge on any atom is 0.179 e. The van der Waals surface area contributed by atoms with Crippen LogP contribution in [-0.4, -0.2) is 6.61 Å². The van der Waals surface area contributed by atoms with Crippen LogP contribution >= 0.6 is 15.9 Å². The zero-order chi connectivity index (χ0) is 9.68. The van der Waals surface area contributed by atoms with Gasteiger partial charge in [-0.15, -0.1) is 0 Å². The molecular formula is C10H12BrFO. The first-order valence-corrected chi connectivity index (χ1v) is 5.11. The van der Waals surface area contributed by atoms with Crippen molar-refractivity contribution in [3.8, 4) is 5.75 Å². The monoisotopic (exact) mass is 246 g/mol. The van der Waals surface area contributed by atoms with E-state index in [9.17, 15) is 4.39 Å². The lowest BCUT2D eigenvalue weighted by atomic mass is 10.3. The summed E-state index contributed by atoms with van der Waals surface area (Å²) in [6.45, 7) is 2.64. The second-order valence-corrected chi connectivity index (χ2v) is 3.61. The summed E-state index contributed by atoms with van der Waals surface area (Å²) >= 11 is 3.10. The lowest BCUT2D eigenvalue weighted by Crippen LogP contribution is -1.98. The normalized spacial score (nSPS) is 10.1. The van der Waals surface area contributed by atoms with Crippen molar-refractivity contribution in [1.82, 2.24) is 0 Å². The van der Waals surface area contributed by atoms with Gasteiger partial charge in [0, 0.05) is 0 Å². The summed E-state index contributed by atoms with van der Waals surface area (Å²) in [5.41, 5.74) is 0. The zero-order valence-electron chi connectivity index (χ0n) is 7.52. The van der Waals surface area contributed by atoms with E-state index < -0.39 is 0 Å². The Bertz CT molecular complexity index is 276. The molecule has 0 N–H and O–H groups in total. The highest BCUT2D eigenvalue weighted by molar-refractivity contribution is 9.10. The van der Waals surface area contributed by atoms with Crippen LogP contribution in [0.3, 0.4) is 0 Å². The van der Waals surface area contributed by atoms with Crippen LogP contribution in [0.25, 0.3) is 0 Å². The molecule has 1 aromatic rings. The number of unbranched alkanes of at least 4 members (excludes halogenated alkanes) is 1. The third-order valence-electron chi connectivity index (χ3n) is 1.67. The predicted octanol–water partition coefficient (Wildman–Crippen LogP) is 3.77. The van der Waals surface area contributed by atoms with Crippen LogP contribution < -0.4 is 4.74 Å². The van der Waals surface area contributed by atoms with E-state index >= 15 is 0 Å². The number of hydrogen-bond acceptors (Lipinski definition) is 1. The molecule has 0 saturated heterocycles. The Labute approximate surface area is 86.0 Å². The number of hydrogen-bond donors (Lipinski definition) is 0. The molecule has 0 unspecified atom stereocenters. The summed E-state index contributed by atoms with van der Waals surface area (Å²) in [4.78, 5) is 0. The summed E-state index contributed by atoms with van der Waals surface area (Å²) in [6, 6.07) is 5.05. The van der Waals surface area contributed by atoms with Crippen molar-refractivity contribution in [2.75, 3.05) is 6.61 Å². The number of ether oxygens (including phenoxy) is 1. The van der Waals surface area contributed by atoms with Gasteiger partial charge < -0.3 is 4.74 Å². The van der Waals surface area contributed by atoms with Gasteiger partial charge in [-0.2, -0.15) is 0 Å². The Morgan fingerprint density at radius 3 is 2.92 bits per heavy atom. The summed E-state index contributed by atoms with van der Waals surface area (Å²) in [5, 5.41) is 0. The SMILES string of the molecule is CCCCOc1cccc(Br)c1F. The van der Waals surface area contributed by atoms with Crippen LogP contribution in [0.4, 0.5) is 4.39 Å². The third kappa shape index (κ3) is 2.99. The lowest BCUT2D eigenvalue weighted by Gasteiger charge is -2.06. The first kappa shape index (κ1) is 10.5. The van der Waals surface area contributed by atoms with Crippen molar-refractivity contribution in [3.63, 3.8) is 0 Å². The topological polar surface area (TPSA) is 9.23 Å². The fourth-order valence-corrected chi connectivity index (χ4v) is 1.27. The Hall–Kier alpha value is -0.570. The molecule has 0 saturated carbocycles. The van der Waals surface area contributed by atoms with E-state index in [2.05, 4.69) is 22.9 Å². The number of benzene rings is 1. The van der Waals surface area contributed by atoms with Gasteiger partial charge in [0.05, 0.1) is 11.1 Å². The fourth-order valence-electron chi connectivity index (χ4n) is 0.922. The molecule has 0 aliphatic heterocycles. The van der Waals surface area contributed by atoms with Crippen LogP contribution in [0.5, 0.6) is 5.75 Å². The quantitative estimate of drug-likeness (QED) is 0.736. The van der Waals surface area contributed by atoms with Gasteiger partial charge in [0.2, 0.25) is 0 Å². The molecule has 0 atom stereocenters. The smallest absolute Gasteiger partial charge is 0.179 e. The minimum atomic E-state index is -0.321. The highest BCUT2D eigenvalue weighted by Crippen LogP contribution is 2.24. The molecule has 1 nitrogen and oxygen atoms in total. The van der Waals surface area contributed by atoms with Gasteiger partial charge in [0.1, 0.15) is 0 Å². The molecule has 0 aliphatic rings. The van der Waals surface area contributed by atoms with E-state index in [1.54, 1.807) is 18.2 Å². The van der Waals surface area contributed by atoms with E-state index in [-0.39, 0.29) is 5.82 Å². The van der Waals surface area contributed by atoms with Crippen molar-refractivity contribution >= 4 is 15.9 Å². The first-order valence-electron chi connectivity index (χ1n) is 4.32. The van der Waals surface area contributed by atoms with Gasteiger partial charge in [-0.3, -0.25) is 0 Å². The molecule has 13 heavy (non-hydrogen) atoms.